The van der Waals surface area contributed by atoms with Crippen LogP contribution in [0.15, 0.2) is 0 Å². The van der Waals surface area contributed by atoms with E-state index in [9.17, 15) is 0 Å². The Hall–Kier alpha value is 0.190. The van der Waals surface area contributed by atoms with Crippen LogP contribution in [0.25, 0.3) is 0 Å². The molecule has 1 aliphatic rings. The van der Waals surface area contributed by atoms with Gasteiger partial charge in [-0.2, -0.15) is 0 Å². The van der Waals surface area contributed by atoms with Gasteiger partial charge < -0.3 is 10.2 Å². The fourth-order valence-corrected chi connectivity index (χ4v) is 1.85. The summed E-state index contributed by atoms with van der Waals surface area (Å²) in [5, 5.41) is 16.4. The van der Waals surface area contributed by atoms with E-state index < -0.39 is 5.12 Å². The minimum absolute atomic E-state index is 0.387. The second-order valence-electron chi connectivity index (χ2n) is 2.02. The first kappa shape index (κ1) is 7.30. The van der Waals surface area contributed by atoms with Crippen molar-refractivity contribution >= 4 is 11.8 Å². The maximum atomic E-state index is 9.03. The molecule has 0 saturated carbocycles. The van der Waals surface area contributed by atoms with Crippen LogP contribution in [0.5, 0.6) is 0 Å². The Morgan fingerprint density at radius 3 is 2.56 bits per heavy atom. The van der Waals surface area contributed by atoms with Crippen molar-refractivity contribution in [2.24, 2.45) is 5.84 Å². The van der Waals surface area contributed by atoms with E-state index in [4.69, 9.17) is 16.1 Å². The minimum atomic E-state index is -1.66. The number of hydrazine groups is 1. The highest BCUT2D eigenvalue weighted by Gasteiger charge is 2.39. The molecule has 54 valence electrons. The van der Waals surface area contributed by atoms with Gasteiger partial charge >= 0.3 is 0 Å². The van der Waals surface area contributed by atoms with Gasteiger partial charge in [0.25, 0.3) is 0 Å². The molecule has 0 aromatic rings. The normalized spacial score (nSPS) is 33.0. The lowest BCUT2D eigenvalue weighted by atomic mass is 10.2. The molecule has 0 spiro atoms. The van der Waals surface area contributed by atoms with Gasteiger partial charge in [-0.05, 0) is 6.42 Å². The first-order valence-corrected chi connectivity index (χ1v) is 3.70. The second-order valence-corrected chi connectivity index (χ2v) is 3.31. The first-order valence-electron chi connectivity index (χ1n) is 2.71. The molecule has 5 heteroatoms. The van der Waals surface area contributed by atoms with E-state index in [0.717, 1.165) is 17.5 Å². The van der Waals surface area contributed by atoms with Crippen molar-refractivity contribution in [1.29, 1.82) is 0 Å². The molecule has 0 aromatic carbocycles. The Bertz CT molecular complexity index is 109. The standard InChI is InChI=1S/C4H10N2O2S/c5-6-3-1-2-9-4(3,7)8/h3,6-8H,1-2,5H2. The summed E-state index contributed by atoms with van der Waals surface area (Å²) in [7, 11) is 0. The Kier molecular flexibility index (Phi) is 1.97. The van der Waals surface area contributed by atoms with Crippen molar-refractivity contribution in [1.82, 2.24) is 5.43 Å². The molecule has 1 heterocycles. The van der Waals surface area contributed by atoms with Crippen LogP contribution in [0.1, 0.15) is 6.42 Å². The number of hydrogen-bond acceptors (Lipinski definition) is 5. The van der Waals surface area contributed by atoms with E-state index in [-0.39, 0.29) is 6.04 Å². The van der Waals surface area contributed by atoms with Crippen LogP contribution in [0, 0.1) is 0 Å². The summed E-state index contributed by atoms with van der Waals surface area (Å²) < 4.78 is 0. The average Bonchev–Trinajstić information content (AvgIpc) is 2.08. The van der Waals surface area contributed by atoms with E-state index >= 15 is 0 Å². The maximum Gasteiger partial charge on any atom is 0.230 e. The third kappa shape index (κ3) is 1.36. The summed E-state index contributed by atoms with van der Waals surface area (Å²) >= 11 is 1.10. The van der Waals surface area contributed by atoms with Gasteiger partial charge in [0, 0.05) is 5.75 Å². The molecular weight excluding hydrogens is 140 g/mol. The molecule has 5 N–H and O–H groups in total. The van der Waals surface area contributed by atoms with Gasteiger partial charge in [0.15, 0.2) is 0 Å². The van der Waals surface area contributed by atoms with Gasteiger partial charge in [-0.3, -0.25) is 11.3 Å². The Balaban J connectivity index is 2.52. The molecule has 0 radical (unpaired) electrons. The van der Waals surface area contributed by atoms with Gasteiger partial charge in [0.1, 0.15) is 0 Å². The summed E-state index contributed by atoms with van der Waals surface area (Å²) in [4.78, 5) is 0. The zero-order valence-corrected chi connectivity index (χ0v) is 5.69. The van der Waals surface area contributed by atoms with E-state index in [0.29, 0.717) is 6.42 Å². The third-order valence-electron chi connectivity index (χ3n) is 1.38. The van der Waals surface area contributed by atoms with Crippen molar-refractivity contribution in [3.8, 4) is 0 Å². The molecule has 1 unspecified atom stereocenters. The molecule has 9 heavy (non-hydrogen) atoms. The summed E-state index contributed by atoms with van der Waals surface area (Å²) in [5.41, 5.74) is 2.33. The first-order chi connectivity index (χ1) is 4.17. The smallest absolute Gasteiger partial charge is 0.230 e. The van der Waals surface area contributed by atoms with Crippen LogP contribution in [-0.4, -0.2) is 27.1 Å². The van der Waals surface area contributed by atoms with Crippen LogP contribution < -0.4 is 11.3 Å². The van der Waals surface area contributed by atoms with Gasteiger partial charge in [0.05, 0.1) is 6.04 Å². The molecule has 0 bridgehead atoms. The number of nitrogens with two attached hydrogens (primary N) is 1. The highest BCUT2D eigenvalue weighted by Crippen LogP contribution is 2.32. The van der Waals surface area contributed by atoms with Gasteiger partial charge in [0.2, 0.25) is 5.12 Å². The molecule has 1 fully saturated rings. The molecule has 1 aliphatic heterocycles. The molecule has 1 saturated heterocycles. The predicted octanol–water partition coefficient (Wildman–Crippen LogP) is -1.41. The Morgan fingerprint density at radius 2 is 2.33 bits per heavy atom. The van der Waals surface area contributed by atoms with Crippen LogP contribution in [0.2, 0.25) is 0 Å². The third-order valence-corrected chi connectivity index (χ3v) is 2.53. The Morgan fingerprint density at radius 1 is 1.67 bits per heavy atom. The van der Waals surface area contributed by atoms with Gasteiger partial charge in [-0.1, -0.05) is 11.8 Å². The van der Waals surface area contributed by atoms with Gasteiger partial charge in [-0.25, -0.2) is 0 Å². The summed E-state index contributed by atoms with van der Waals surface area (Å²) in [6.45, 7) is 0. The summed E-state index contributed by atoms with van der Waals surface area (Å²) in [6.07, 6.45) is 0.703. The maximum absolute atomic E-state index is 9.03. The Labute approximate surface area is 57.4 Å². The molecular formula is C4H10N2O2S. The lowest BCUT2D eigenvalue weighted by Gasteiger charge is -2.21. The molecule has 1 atom stereocenters. The van der Waals surface area contributed by atoms with Crippen LogP contribution in [-0.2, 0) is 0 Å². The van der Waals surface area contributed by atoms with Crippen LogP contribution >= 0.6 is 11.8 Å². The lowest BCUT2D eigenvalue weighted by molar-refractivity contribution is -0.0964. The zero-order valence-electron chi connectivity index (χ0n) is 4.87. The fourth-order valence-electron chi connectivity index (χ4n) is 0.807. The predicted molar refractivity (Wildman–Crippen MR) is 35.4 cm³/mol. The summed E-state index contributed by atoms with van der Waals surface area (Å²) in [5.74, 6) is 5.76. The average molecular weight is 150 g/mol. The van der Waals surface area contributed by atoms with Crippen molar-refractivity contribution < 1.29 is 10.2 Å². The number of thioether (sulfide) groups is 1. The SMILES string of the molecule is NNC1CCSC1(O)O. The van der Waals surface area contributed by atoms with E-state index in [1.807, 2.05) is 0 Å². The van der Waals surface area contributed by atoms with E-state index in [2.05, 4.69) is 5.43 Å². The quantitative estimate of drug-likeness (QED) is 0.210. The van der Waals surface area contributed by atoms with Crippen molar-refractivity contribution in [3.63, 3.8) is 0 Å². The van der Waals surface area contributed by atoms with Crippen molar-refractivity contribution in [2.75, 3.05) is 5.75 Å². The van der Waals surface area contributed by atoms with Crippen molar-refractivity contribution in [3.05, 3.63) is 0 Å². The second kappa shape index (κ2) is 2.43. The zero-order chi connectivity index (χ0) is 6.91. The van der Waals surface area contributed by atoms with Crippen molar-refractivity contribution in [2.45, 2.75) is 17.6 Å². The molecule has 4 nitrogen and oxygen atoms in total. The van der Waals surface area contributed by atoms with Crippen LogP contribution in [0.4, 0.5) is 0 Å². The molecule has 0 amide bonds. The minimum Gasteiger partial charge on any atom is -0.356 e. The van der Waals surface area contributed by atoms with E-state index in [1.54, 1.807) is 0 Å². The van der Waals surface area contributed by atoms with Crippen LogP contribution in [0.3, 0.4) is 0 Å². The highest BCUT2D eigenvalue weighted by molar-refractivity contribution is 8.00. The number of rotatable bonds is 1. The summed E-state index contributed by atoms with van der Waals surface area (Å²) in [6, 6.07) is -0.387. The number of aliphatic hydroxyl groups is 2. The van der Waals surface area contributed by atoms with Gasteiger partial charge in [-0.15, -0.1) is 0 Å². The monoisotopic (exact) mass is 150 g/mol. The number of hydrogen-bond donors (Lipinski definition) is 4. The lowest BCUT2D eigenvalue weighted by Crippen LogP contribution is -2.48. The molecule has 0 aliphatic carbocycles. The number of nitrogens with one attached hydrogen (secondary N) is 1. The molecule has 0 aromatic heterocycles. The largest absolute Gasteiger partial charge is 0.356 e. The fraction of sp³-hybridized carbons (Fsp3) is 1.00. The van der Waals surface area contributed by atoms with E-state index in [1.165, 1.54) is 0 Å². The molecule has 1 rings (SSSR count). The highest BCUT2D eigenvalue weighted by atomic mass is 32.2. The topological polar surface area (TPSA) is 78.5 Å².